The molecule has 2 rings (SSSR count). The lowest BCUT2D eigenvalue weighted by atomic mass is 10.1. The van der Waals surface area contributed by atoms with Crippen LogP contribution in [0.2, 0.25) is 0 Å². The summed E-state index contributed by atoms with van der Waals surface area (Å²) in [6.45, 7) is 6.94. The summed E-state index contributed by atoms with van der Waals surface area (Å²) in [5.41, 5.74) is 2.32. The number of carboxylic acid groups (broad SMARTS) is 1. The number of hydrogen-bond donors (Lipinski definition) is 1. The summed E-state index contributed by atoms with van der Waals surface area (Å²) in [6.07, 6.45) is 10.8. The molecule has 1 amide bonds. The largest absolute Gasteiger partial charge is 0.481 e. The average molecular weight is 461 g/mol. The van der Waals surface area contributed by atoms with Crippen LogP contribution >= 0.6 is 24.0 Å². The lowest BCUT2D eigenvalue weighted by molar-refractivity contribution is -0.137. The van der Waals surface area contributed by atoms with E-state index in [2.05, 4.69) is 43.0 Å². The Morgan fingerprint density at radius 1 is 1.13 bits per heavy atom. The number of carboxylic acids is 1. The van der Waals surface area contributed by atoms with Gasteiger partial charge in [0.2, 0.25) is 0 Å². The molecule has 0 unspecified atom stereocenters. The summed E-state index contributed by atoms with van der Waals surface area (Å²) >= 11 is 6.53. The third-order valence-electron chi connectivity index (χ3n) is 5.00. The van der Waals surface area contributed by atoms with Crippen LogP contribution in [0.5, 0.6) is 0 Å². The molecule has 1 aliphatic heterocycles. The zero-order chi connectivity index (χ0) is 22.6. The van der Waals surface area contributed by atoms with Crippen LogP contribution in [0, 0.1) is 0 Å². The summed E-state index contributed by atoms with van der Waals surface area (Å²) in [5, 5.41) is 8.75. The molecule has 1 N–H and O–H groups in total. The molecule has 0 saturated carbocycles. The highest BCUT2D eigenvalue weighted by Gasteiger charge is 2.31. The Kier molecular flexibility index (Phi) is 10.8. The van der Waals surface area contributed by atoms with Gasteiger partial charge in [0.1, 0.15) is 4.32 Å². The van der Waals surface area contributed by atoms with Gasteiger partial charge in [-0.2, -0.15) is 0 Å². The van der Waals surface area contributed by atoms with Gasteiger partial charge in [-0.3, -0.25) is 14.5 Å². The van der Waals surface area contributed by atoms with Crippen molar-refractivity contribution >= 4 is 51.9 Å². The van der Waals surface area contributed by atoms with Crippen LogP contribution in [0.15, 0.2) is 41.3 Å². The quantitative estimate of drug-likeness (QED) is 0.300. The minimum atomic E-state index is -0.867. The number of unbranched alkanes of at least 4 members (excludes halogenated alkanes) is 2. The second kappa shape index (κ2) is 13.3. The van der Waals surface area contributed by atoms with Gasteiger partial charge in [0, 0.05) is 31.7 Å². The first-order valence-corrected chi connectivity index (χ1v) is 12.2. The molecule has 0 bridgehead atoms. The second-order valence-electron chi connectivity index (χ2n) is 7.50. The molecule has 5 nitrogen and oxygen atoms in total. The average Bonchev–Trinajstić information content (AvgIpc) is 3.02. The summed E-state index contributed by atoms with van der Waals surface area (Å²) in [4.78, 5) is 27.7. The van der Waals surface area contributed by atoms with Gasteiger partial charge in [-0.25, -0.2) is 0 Å². The van der Waals surface area contributed by atoms with Crippen molar-refractivity contribution in [2.24, 2.45) is 0 Å². The van der Waals surface area contributed by atoms with Gasteiger partial charge in [-0.15, -0.1) is 0 Å². The Morgan fingerprint density at radius 2 is 1.77 bits per heavy atom. The number of thioether (sulfide) groups is 1. The number of hydrogen-bond acceptors (Lipinski definition) is 5. The molecular weight excluding hydrogens is 428 g/mol. The summed E-state index contributed by atoms with van der Waals surface area (Å²) in [6, 6.07) is 8.52. The van der Waals surface area contributed by atoms with E-state index in [4.69, 9.17) is 17.3 Å². The van der Waals surface area contributed by atoms with Crippen LogP contribution in [0.1, 0.15) is 57.9 Å². The van der Waals surface area contributed by atoms with Crippen molar-refractivity contribution in [2.75, 3.05) is 24.5 Å². The molecule has 1 aromatic rings. The molecule has 1 fully saturated rings. The van der Waals surface area contributed by atoms with Crippen molar-refractivity contribution in [3.63, 3.8) is 0 Å². The Balaban J connectivity index is 1.97. The lowest BCUT2D eigenvalue weighted by Gasteiger charge is -2.24. The predicted molar refractivity (Wildman–Crippen MR) is 134 cm³/mol. The summed E-state index contributed by atoms with van der Waals surface area (Å²) in [7, 11) is 0. The Bertz CT molecular complexity index is 811. The van der Waals surface area contributed by atoms with Crippen molar-refractivity contribution in [1.82, 2.24) is 4.90 Å². The molecule has 1 aliphatic rings. The van der Waals surface area contributed by atoms with Gasteiger partial charge < -0.3 is 10.0 Å². The van der Waals surface area contributed by atoms with E-state index in [9.17, 15) is 9.59 Å². The van der Waals surface area contributed by atoms with Gasteiger partial charge in [0.15, 0.2) is 0 Å². The van der Waals surface area contributed by atoms with Crippen molar-refractivity contribution in [1.29, 1.82) is 0 Å². The predicted octanol–water partition coefficient (Wildman–Crippen LogP) is 5.72. The molecular formula is C24H32N2O3S2. The van der Waals surface area contributed by atoms with Gasteiger partial charge in [-0.1, -0.05) is 75.0 Å². The first kappa shape index (κ1) is 25.1. The zero-order valence-corrected chi connectivity index (χ0v) is 20.0. The first-order valence-electron chi connectivity index (χ1n) is 10.9. The van der Waals surface area contributed by atoms with Crippen LogP contribution in [-0.4, -0.2) is 45.8 Å². The number of rotatable bonds is 13. The van der Waals surface area contributed by atoms with E-state index >= 15 is 0 Å². The number of nitrogens with zero attached hydrogens (tertiary/aromatic N) is 2. The van der Waals surface area contributed by atoms with E-state index in [0.29, 0.717) is 22.2 Å². The monoisotopic (exact) mass is 460 g/mol. The molecule has 168 valence electrons. The highest BCUT2D eigenvalue weighted by Crippen LogP contribution is 2.31. The molecule has 0 aliphatic carbocycles. The summed E-state index contributed by atoms with van der Waals surface area (Å²) < 4.78 is 0.485. The Morgan fingerprint density at radius 3 is 2.35 bits per heavy atom. The van der Waals surface area contributed by atoms with Crippen LogP contribution in [0.25, 0.3) is 6.08 Å². The number of carbonyl (C=O) groups excluding carboxylic acids is 1. The maximum Gasteiger partial charge on any atom is 0.303 e. The van der Waals surface area contributed by atoms with Gasteiger partial charge in [0.05, 0.1) is 4.91 Å². The van der Waals surface area contributed by atoms with E-state index in [-0.39, 0.29) is 12.3 Å². The highest BCUT2D eigenvalue weighted by atomic mass is 32.2. The molecule has 0 spiro atoms. The molecule has 0 radical (unpaired) electrons. The lowest BCUT2D eigenvalue weighted by Crippen LogP contribution is -2.29. The maximum absolute atomic E-state index is 12.5. The van der Waals surface area contributed by atoms with Crippen molar-refractivity contribution in [3.8, 4) is 0 Å². The highest BCUT2D eigenvalue weighted by molar-refractivity contribution is 8.26. The number of benzene rings is 1. The topological polar surface area (TPSA) is 60.9 Å². The first-order chi connectivity index (χ1) is 15.0. The second-order valence-corrected chi connectivity index (χ2v) is 9.17. The fourth-order valence-electron chi connectivity index (χ4n) is 3.21. The standard InChI is InChI=1S/C24H32N2O3S2/c1-3-5-16-25(17-6-4-2)20-14-12-19(13-15-20)9-7-10-21-23(29)26(24(30)31-21)18-8-11-22(27)28/h7,9-10,12-15H,3-6,8,11,16-18H2,1-2H3,(H,27,28)/b9-7-,21-10-. The van der Waals surface area contributed by atoms with Gasteiger partial charge >= 0.3 is 5.97 Å². The van der Waals surface area contributed by atoms with E-state index < -0.39 is 5.97 Å². The van der Waals surface area contributed by atoms with E-state index in [1.165, 1.54) is 48.0 Å². The van der Waals surface area contributed by atoms with Crippen LogP contribution in [-0.2, 0) is 9.59 Å². The molecule has 1 aromatic carbocycles. The number of anilines is 1. The van der Waals surface area contributed by atoms with Crippen LogP contribution in [0.4, 0.5) is 5.69 Å². The maximum atomic E-state index is 12.5. The Labute approximate surface area is 195 Å². The van der Waals surface area contributed by atoms with E-state index in [0.717, 1.165) is 18.7 Å². The Hall–Kier alpha value is -2.12. The molecule has 1 saturated heterocycles. The minimum Gasteiger partial charge on any atom is -0.481 e. The minimum absolute atomic E-state index is 0.0281. The number of allylic oxidation sites excluding steroid dienone is 2. The number of amides is 1. The third kappa shape index (κ3) is 8.15. The molecule has 7 heteroatoms. The number of thiocarbonyl (C=S) groups is 1. The van der Waals surface area contributed by atoms with Crippen LogP contribution < -0.4 is 4.90 Å². The third-order valence-corrected chi connectivity index (χ3v) is 6.40. The molecule has 0 aromatic heterocycles. The fraction of sp³-hybridized carbons (Fsp3) is 0.458. The normalized spacial score (nSPS) is 15.4. The number of aliphatic carboxylic acids is 1. The van der Waals surface area contributed by atoms with Crippen molar-refractivity contribution in [2.45, 2.75) is 52.4 Å². The summed E-state index contributed by atoms with van der Waals surface area (Å²) in [5.74, 6) is -1.02. The molecule has 0 atom stereocenters. The van der Waals surface area contributed by atoms with Gasteiger partial charge in [-0.05, 0) is 43.0 Å². The van der Waals surface area contributed by atoms with Crippen molar-refractivity contribution in [3.05, 3.63) is 46.9 Å². The number of carbonyl (C=O) groups is 2. The van der Waals surface area contributed by atoms with E-state index in [1.807, 2.05) is 12.2 Å². The smallest absolute Gasteiger partial charge is 0.303 e. The van der Waals surface area contributed by atoms with Crippen molar-refractivity contribution < 1.29 is 14.7 Å². The van der Waals surface area contributed by atoms with Crippen LogP contribution in [0.3, 0.4) is 0 Å². The molecule has 1 heterocycles. The fourth-order valence-corrected chi connectivity index (χ4v) is 4.47. The zero-order valence-electron chi connectivity index (χ0n) is 18.4. The molecule has 31 heavy (non-hydrogen) atoms. The van der Waals surface area contributed by atoms with E-state index in [1.54, 1.807) is 6.08 Å². The van der Waals surface area contributed by atoms with Gasteiger partial charge in [0.25, 0.3) is 5.91 Å². The SMILES string of the molecule is CCCCN(CCCC)c1ccc(/C=C\C=C2/SC(=S)N(CCCC(=O)O)C2=O)cc1.